The van der Waals surface area contributed by atoms with E-state index in [0.717, 1.165) is 14.2 Å². The second kappa shape index (κ2) is 5.27. The number of carbonyl (C=O) groups is 1. The number of rotatable bonds is 3. The van der Waals surface area contributed by atoms with Gasteiger partial charge in [0.25, 0.3) is 0 Å². The summed E-state index contributed by atoms with van der Waals surface area (Å²) < 4.78 is 13.9. The number of amides is 1. The van der Waals surface area contributed by atoms with Gasteiger partial charge in [0.2, 0.25) is 5.91 Å². The van der Waals surface area contributed by atoms with Crippen molar-refractivity contribution in [2.24, 2.45) is 5.73 Å². The van der Waals surface area contributed by atoms with E-state index in [2.05, 4.69) is 15.9 Å². The van der Waals surface area contributed by atoms with Crippen LogP contribution in [-0.4, -0.2) is 16.8 Å². The Labute approximate surface area is 128 Å². The molecule has 2 N–H and O–H groups in total. The second-order valence-corrected chi connectivity index (χ2v) is 7.20. The van der Waals surface area contributed by atoms with E-state index in [1.807, 2.05) is 12.1 Å². The third-order valence-electron chi connectivity index (χ3n) is 3.40. The predicted octanol–water partition coefficient (Wildman–Crippen LogP) is 3.06. The monoisotopic (exact) mass is 354 g/mol. The number of halogens is 2. The molecule has 2 aromatic rings. The maximum Gasteiger partial charge on any atom is 0.242 e. The molecule has 1 aliphatic heterocycles. The first-order chi connectivity index (χ1) is 9.56. The first-order valence-corrected chi connectivity index (χ1v) is 7.73. The van der Waals surface area contributed by atoms with Crippen molar-refractivity contribution in [3.05, 3.63) is 56.4 Å². The highest BCUT2D eigenvalue weighted by Gasteiger charge is 2.46. The molecule has 1 saturated heterocycles. The third-order valence-corrected chi connectivity index (χ3v) is 5.09. The Morgan fingerprint density at radius 3 is 2.55 bits per heavy atom. The third kappa shape index (κ3) is 2.39. The summed E-state index contributed by atoms with van der Waals surface area (Å²) in [4.78, 5) is 14.7. The number of hydrogen-bond acceptors (Lipinski definition) is 3. The zero-order valence-electron chi connectivity index (χ0n) is 10.4. The number of thiophene rings is 1. The number of nitrogens with two attached hydrogens (primary N) is 1. The fourth-order valence-electron chi connectivity index (χ4n) is 2.36. The van der Waals surface area contributed by atoms with E-state index in [1.165, 1.54) is 12.1 Å². The molecule has 0 aliphatic carbocycles. The van der Waals surface area contributed by atoms with Gasteiger partial charge in [0.15, 0.2) is 0 Å². The Morgan fingerprint density at radius 2 is 1.95 bits per heavy atom. The normalized spacial score (nSPS) is 21.9. The quantitative estimate of drug-likeness (QED) is 0.861. The van der Waals surface area contributed by atoms with E-state index < -0.39 is 6.04 Å². The molecule has 1 fully saturated rings. The molecule has 1 aromatic heterocycles. The molecule has 0 saturated carbocycles. The highest BCUT2D eigenvalue weighted by atomic mass is 79.9. The molecule has 2 atom stereocenters. The summed E-state index contributed by atoms with van der Waals surface area (Å²) in [5.74, 6) is -0.344. The van der Waals surface area contributed by atoms with Crippen molar-refractivity contribution in [3.63, 3.8) is 0 Å². The minimum absolute atomic E-state index is 0.0659. The highest BCUT2D eigenvalue weighted by molar-refractivity contribution is 9.11. The van der Waals surface area contributed by atoms with Crippen LogP contribution in [-0.2, 0) is 11.3 Å². The van der Waals surface area contributed by atoms with Crippen LogP contribution in [0.3, 0.4) is 0 Å². The first-order valence-electron chi connectivity index (χ1n) is 6.12. The molecule has 3 rings (SSSR count). The molecular weight excluding hydrogens is 343 g/mol. The lowest BCUT2D eigenvalue weighted by Gasteiger charge is -2.45. The zero-order valence-corrected chi connectivity index (χ0v) is 12.8. The average Bonchev–Trinajstić information content (AvgIpc) is 2.86. The zero-order chi connectivity index (χ0) is 14.3. The van der Waals surface area contributed by atoms with Crippen LogP contribution in [0, 0.1) is 5.82 Å². The van der Waals surface area contributed by atoms with Gasteiger partial charge in [0.05, 0.1) is 9.83 Å². The van der Waals surface area contributed by atoms with Crippen LogP contribution in [0.5, 0.6) is 0 Å². The van der Waals surface area contributed by atoms with Gasteiger partial charge in [-0.15, -0.1) is 11.3 Å². The largest absolute Gasteiger partial charge is 0.327 e. The van der Waals surface area contributed by atoms with Gasteiger partial charge in [-0.05, 0) is 45.8 Å². The molecule has 0 radical (unpaired) electrons. The molecule has 104 valence electrons. The summed E-state index contributed by atoms with van der Waals surface area (Å²) in [6, 6.07) is 9.52. The summed E-state index contributed by atoms with van der Waals surface area (Å²) in [5, 5.41) is 0. The molecular formula is C14H12BrFN2OS. The van der Waals surface area contributed by atoms with Crippen molar-refractivity contribution in [2.75, 3.05) is 0 Å². The van der Waals surface area contributed by atoms with Gasteiger partial charge in [-0.3, -0.25) is 4.79 Å². The Bertz CT molecular complexity index is 643. The molecule has 1 aromatic carbocycles. The Balaban J connectivity index is 1.80. The molecule has 1 amide bonds. The van der Waals surface area contributed by atoms with E-state index in [4.69, 9.17) is 5.73 Å². The minimum atomic E-state index is -0.485. The van der Waals surface area contributed by atoms with Crippen LogP contribution in [0.1, 0.15) is 16.5 Å². The molecule has 2 heterocycles. The lowest BCUT2D eigenvalue weighted by Crippen LogP contribution is -2.62. The second-order valence-electron chi connectivity index (χ2n) is 4.71. The number of β-lactam (4-membered cyclic amide) rings is 1. The fraction of sp³-hybridized carbons (Fsp3) is 0.214. The van der Waals surface area contributed by atoms with E-state index >= 15 is 0 Å². The van der Waals surface area contributed by atoms with Crippen LogP contribution in [0.2, 0.25) is 0 Å². The van der Waals surface area contributed by atoms with Gasteiger partial charge in [-0.2, -0.15) is 0 Å². The van der Waals surface area contributed by atoms with Gasteiger partial charge < -0.3 is 10.6 Å². The molecule has 0 bridgehead atoms. The number of hydrogen-bond donors (Lipinski definition) is 1. The van der Waals surface area contributed by atoms with Gasteiger partial charge in [-0.1, -0.05) is 12.1 Å². The molecule has 3 nitrogen and oxygen atoms in total. The van der Waals surface area contributed by atoms with Gasteiger partial charge in [0, 0.05) is 11.4 Å². The van der Waals surface area contributed by atoms with Crippen LogP contribution in [0.4, 0.5) is 4.39 Å². The lowest BCUT2D eigenvalue weighted by atomic mass is 9.93. The van der Waals surface area contributed by atoms with Gasteiger partial charge >= 0.3 is 0 Å². The summed E-state index contributed by atoms with van der Waals surface area (Å²) >= 11 is 4.99. The van der Waals surface area contributed by atoms with Crippen LogP contribution in [0.25, 0.3) is 0 Å². The molecule has 1 aliphatic rings. The van der Waals surface area contributed by atoms with Crippen molar-refractivity contribution in [1.29, 1.82) is 0 Å². The molecule has 6 heteroatoms. The van der Waals surface area contributed by atoms with Crippen molar-refractivity contribution in [1.82, 2.24) is 4.90 Å². The average molecular weight is 355 g/mol. The van der Waals surface area contributed by atoms with E-state index in [1.54, 1.807) is 28.4 Å². The summed E-state index contributed by atoms with van der Waals surface area (Å²) in [6.07, 6.45) is 0. The Morgan fingerprint density at radius 1 is 1.25 bits per heavy atom. The standard InChI is InChI=1S/C14H12BrFN2OS/c15-11-6-5-10(20-11)13-12(17)14(19)18(13)7-8-1-3-9(16)4-2-8/h1-6,12-13H,7,17H2/t12-,13+/m1/s1. The number of carbonyl (C=O) groups excluding carboxylic acids is 1. The number of likely N-dealkylation sites (tertiary alicyclic amines) is 1. The maximum absolute atomic E-state index is 12.9. The van der Waals surface area contributed by atoms with Crippen molar-refractivity contribution < 1.29 is 9.18 Å². The molecule has 0 spiro atoms. The topological polar surface area (TPSA) is 46.3 Å². The lowest BCUT2D eigenvalue weighted by molar-refractivity contribution is -0.150. The summed E-state index contributed by atoms with van der Waals surface area (Å²) in [6.45, 7) is 0.451. The van der Waals surface area contributed by atoms with Gasteiger partial charge in [-0.25, -0.2) is 4.39 Å². The van der Waals surface area contributed by atoms with Crippen LogP contribution >= 0.6 is 27.3 Å². The van der Waals surface area contributed by atoms with E-state index in [9.17, 15) is 9.18 Å². The summed E-state index contributed by atoms with van der Waals surface area (Å²) in [5.41, 5.74) is 6.81. The first kappa shape index (κ1) is 13.7. The molecule has 0 unspecified atom stereocenters. The number of nitrogens with zero attached hydrogens (tertiary/aromatic N) is 1. The Kier molecular flexibility index (Phi) is 3.62. The van der Waals surface area contributed by atoms with Gasteiger partial charge in [0.1, 0.15) is 11.9 Å². The maximum atomic E-state index is 12.9. The molecule has 20 heavy (non-hydrogen) atoms. The van der Waals surface area contributed by atoms with Crippen molar-refractivity contribution in [2.45, 2.75) is 18.6 Å². The smallest absolute Gasteiger partial charge is 0.242 e. The van der Waals surface area contributed by atoms with Crippen LogP contribution < -0.4 is 5.73 Å². The van der Waals surface area contributed by atoms with Crippen LogP contribution in [0.15, 0.2) is 40.2 Å². The number of benzene rings is 1. The predicted molar refractivity (Wildman–Crippen MR) is 79.7 cm³/mol. The Hall–Kier alpha value is -1.24. The van der Waals surface area contributed by atoms with Crippen molar-refractivity contribution in [3.8, 4) is 0 Å². The SMILES string of the molecule is N[C@H]1C(=O)N(Cc2ccc(F)cc2)[C@H]1c1ccc(Br)s1. The van der Waals surface area contributed by atoms with E-state index in [0.29, 0.717) is 6.54 Å². The fourth-order valence-corrected chi connectivity index (χ4v) is 3.94. The minimum Gasteiger partial charge on any atom is -0.327 e. The highest BCUT2D eigenvalue weighted by Crippen LogP contribution is 2.39. The van der Waals surface area contributed by atoms with Crippen molar-refractivity contribution >= 4 is 33.2 Å². The van der Waals surface area contributed by atoms with E-state index in [-0.39, 0.29) is 17.8 Å². The summed E-state index contributed by atoms with van der Waals surface area (Å²) in [7, 11) is 0.